The summed E-state index contributed by atoms with van der Waals surface area (Å²) in [5, 5.41) is 0. The summed E-state index contributed by atoms with van der Waals surface area (Å²) in [6, 6.07) is 1.01. The maximum atomic E-state index is 11.0. The van der Waals surface area contributed by atoms with Crippen LogP contribution in [0, 0.1) is 0 Å². The minimum absolute atomic E-state index is 0.304. The molecule has 0 saturated heterocycles. The largest absolute Gasteiger partial charge is 0.462 e. The molecule has 0 atom stereocenters. The maximum absolute atomic E-state index is 11.0. The molecule has 0 saturated carbocycles. The normalized spacial score (nSPS) is 11.1. The van der Waals surface area contributed by atoms with Crippen molar-refractivity contribution in [2.45, 2.75) is 32.5 Å². The Kier molecular flexibility index (Phi) is 5.72. The standard InChI is InChI=1S/C10H20O3Si/c1-9(2)10(11)13-7-6-8-14(4,5)12-3/h1,6-8H2,2-5H3. The number of carbonyl (C=O) groups excluding carboxylic acids is 1. The molecule has 3 nitrogen and oxygen atoms in total. The topological polar surface area (TPSA) is 35.5 Å². The van der Waals surface area contributed by atoms with Crippen molar-refractivity contribution in [3.63, 3.8) is 0 Å². The Bertz CT molecular complexity index is 211. The lowest BCUT2D eigenvalue weighted by atomic mass is 10.4. The lowest BCUT2D eigenvalue weighted by Gasteiger charge is -2.19. The van der Waals surface area contributed by atoms with Crippen molar-refractivity contribution >= 4 is 14.3 Å². The van der Waals surface area contributed by atoms with Gasteiger partial charge in [0.1, 0.15) is 0 Å². The van der Waals surface area contributed by atoms with Crippen molar-refractivity contribution in [3.05, 3.63) is 12.2 Å². The van der Waals surface area contributed by atoms with Gasteiger partial charge in [-0.15, -0.1) is 0 Å². The number of hydrogen-bond acceptors (Lipinski definition) is 3. The molecule has 0 spiro atoms. The van der Waals surface area contributed by atoms with E-state index in [1.54, 1.807) is 14.0 Å². The van der Waals surface area contributed by atoms with Gasteiger partial charge in [-0.25, -0.2) is 4.79 Å². The van der Waals surface area contributed by atoms with Crippen LogP contribution in [0.1, 0.15) is 13.3 Å². The zero-order valence-electron chi connectivity index (χ0n) is 9.55. The predicted molar refractivity (Wildman–Crippen MR) is 59.7 cm³/mol. The lowest BCUT2D eigenvalue weighted by molar-refractivity contribution is -0.138. The second-order valence-electron chi connectivity index (χ2n) is 3.98. The molecule has 0 bridgehead atoms. The molecule has 0 rings (SSSR count). The summed E-state index contributed by atoms with van der Waals surface area (Å²) in [5.74, 6) is -0.304. The SMILES string of the molecule is C=C(C)C(=O)OCCC[Si](C)(C)OC. The molecular formula is C10H20O3Si. The molecule has 0 fully saturated rings. The van der Waals surface area contributed by atoms with Gasteiger partial charge in [0, 0.05) is 12.7 Å². The molecular weight excluding hydrogens is 196 g/mol. The average molecular weight is 216 g/mol. The molecule has 0 aliphatic heterocycles. The summed E-state index contributed by atoms with van der Waals surface area (Å²) in [6.07, 6.45) is 0.867. The van der Waals surface area contributed by atoms with Crippen molar-refractivity contribution < 1.29 is 14.0 Å². The van der Waals surface area contributed by atoms with Crippen LogP contribution in [0.15, 0.2) is 12.2 Å². The van der Waals surface area contributed by atoms with Crippen molar-refractivity contribution in [2.24, 2.45) is 0 Å². The second kappa shape index (κ2) is 5.98. The van der Waals surface area contributed by atoms with Crippen LogP contribution < -0.4 is 0 Å². The molecule has 0 aromatic carbocycles. The first-order chi connectivity index (χ1) is 6.39. The smallest absolute Gasteiger partial charge is 0.333 e. The minimum atomic E-state index is -1.49. The van der Waals surface area contributed by atoms with E-state index >= 15 is 0 Å². The molecule has 0 amide bonds. The van der Waals surface area contributed by atoms with Gasteiger partial charge in [-0.2, -0.15) is 0 Å². The molecule has 0 aromatic heterocycles. The molecule has 0 aromatic rings. The van der Waals surface area contributed by atoms with E-state index in [1.807, 2.05) is 0 Å². The fourth-order valence-electron chi connectivity index (χ4n) is 0.888. The maximum Gasteiger partial charge on any atom is 0.333 e. The Morgan fingerprint density at radius 3 is 2.43 bits per heavy atom. The van der Waals surface area contributed by atoms with Crippen LogP contribution in [0.25, 0.3) is 0 Å². The molecule has 0 N–H and O–H groups in total. The number of ether oxygens (including phenoxy) is 1. The third-order valence-electron chi connectivity index (χ3n) is 2.06. The summed E-state index contributed by atoms with van der Waals surface area (Å²) < 4.78 is 10.3. The van der Waals surface area contributed by atoms with Crippen molar-refractivity contribution in [1.82, 2.24) is 0 Å². The quantitative estimate of drug-likeness (QED) is 0.296. The van der Waals surface area contributed by atoms with Crippen molar-refractivity contribution in [3.8, 4) is 0 Å². The fourth-order valence-corrected chi connectivity index (χ4v) is 2.09. The van der Waals surface area contributed by atoms with Gasteiger partial charge in [0.15, 0.2) is 8.32 Å². The first-order valence-electron chi connectivity index (χ1n) is 4.77. The van der Waals surface area contributed by atoms with Crippen LogP contribution in [0.3, 0.4) is 0 Å². The predicted octanol–water partition coefficient (Wildman–Crippen LogP) is 2.35. The molecule has 0 heterocycles. The van der Waals surface area contributed by atoms with Gasteiger partial charge in [-0.3, -0.25) is 0 Å². The number of carbonyl (C=O) groups is 1. The van der Waals surface area contributed by atoms with Crippen LogP contribution in [0.5, 0.6) is 0 Å². The zero-order chi connectivity index (χ0) is 11.2. The van der Waals surface area contributed by atoms with Crippen LogP contribution in [0.2, 0.25) is 19.1 Å². The van der Waals surface area contributed by atoms with E-state index in [0.29, 0.717) is 12.2 Å². The van der Waals surface area contributed by atoms with Crippen LogP contribution in [-0.4, -0.2) is 28.0 Å². The van der Waals surface area contributed by atoms with E-state index in [0.717, 1.165) is 12.5 Å². The first kappa shape index (κ1) is 13.4. The Hall–Kier alpha value is -0.613. The Labute approximate surface area is 87.2 Å². The summed E-state index contributed by atoms with van der Waals surface area (Å²) >= 11 is 0. The second-order valence-corrected chi connectivity index (χ2v) is 8.41. The summed E-state index contributed by atoms with van der Waals surface area (Å²) in [5.41, 5.74) is 0.452. The van der Waals surface area contributed by atoms with Gasteiger partial charge in [-0.05, 0) is 32.5 Å². The Balaban J connectivity index is 3.57. The van der Waals surface area contributed by atoms with Gasteiger partial charge in [0.25, 0.3) is 0 Å². The zero-order valence-corrected chi connectivity index (χ0v) is 10.6. The molecule has 82 valence electrons. The highest BCUT2D eigenvalue weighted by molar-refractivity contribution is 6.71. The number of hydrogen-bond donors (Lipinski definition) is 0. The van der Waals surface area contributed by atoms with E-state index in [1.165, 1.54) is 0 Å². The van der Waals surface area contributed by atoms with Gasteiger partial charge < -0.3 is 9.16 Å². The van der Waals surface area contributed by atoms with Gasteiger partial charge in [0.05, 0.1) is 6.61 Å². The molecule has 4 heteroatoms. The fraction of sp³-hybridized carbons (Fsp3) is 0.700. The number of rotatable bonds is 6. The van der Waals surface area contributed by atoms with E-state index in [9.17, 15) is 4.79 Å². The highest BCUT2D eigenvalue weighted by atomic mass is 28.4. The first-order valence-corrected chi connectivity index (χ1v) is 7.88. The van der Waals surface area contributed by atoms with Crippen LogP contribution in [0.4, 0.5) is 0 Å². The third kappa shape index (κ3) is 5.94. The Morgan fingerprint density at radius 2 is 2.00 bits per heavy atom. The Morgan fingerprint density at radius 1 is 1.43 bits per heavy atom. The highest BCUT2D eigenvalue weighted by Gasteiger charge is 2.19. The van der Waals surface area contributed by atoms with Gasteiger partial charge in [0.2, 0.25) is 0 Å². The molecule has 0 aliphatic rings. The third-order valence-corrected chi connectivity index (χ3v) is 4.72. The summed E-state index contributed by atoms with van der Waals surface area (Å²) in [4.78, 5) is 11.0. The van der Waals surface area contributed by atoms with E-state index < -0.39 is 8.32 Å². The molecule has 14 heavy (non-hydrogen) atoms. The van der Waals surface area contributed by atoms with Crippen molar-refractivity contribution in [1.29, 1.82) is 0 Å². The minimum Gasteiger partial charge on any atom is -0.462 e. The molecule has 0 unspecified atom stereocenters. The van der Waals surface area contributed by atoms with E-state index in [2.05, 4.69) is 19.7 Å². The summed E-state index contributed by atoms with van der Waals surface area (Å²) in [7, 11) is 0.252. The average Bonchev–Trinajstić information content (AvgIpc) is 2.12. The van der Waals surface area contributed by atoms with E-state index in [4.69, 9.17) is 9.16 Å². The summed E-state index contributed by atoms with van der Waals surface area (Å²) in [6.45, 7) is 9.91. The lowest BCUT2D eigenvalue weighted by Crippen LogP contribution is -2.28. The van der Waals surface area contributed by atoms with Crippen LogP contribution >= 0.6 is 0 Å². The highest BCUT2D eigenvalue weighted by Crippen LogP contribution is 2.12. The van der Waals surface area contributed by atoms with Gasteiger partial charge >= 0.3 is 5.97 Å². The van der Waals surface area contributed by atoms with Crippen molar-refractivity contribution in [2.75, 3.05) is 13.7 Å². The van der Waals surface area contributed by atoms with Crippen LogP contribution in [-0.2, 0) is 14.0 Å². The molecule has 0 radical (unpaired) electrons. The van der Waals surface area contributed by atoms with Gasteiger partial charge in [-0.1, -0.05) is 6.58 Å². The molecule has 0 aliphatic carbocycles. The van der Waals surface area contributed by atoms with E-state index in [-0.39, 0.29) is 5.97 Å². The number of esters is 1. The monoisotopic (exact) mass is 216 g/mol.